The van der Waals surface area contributed by atoms with Crippen LogP contribution in [0.15, 0.2) is 34.9 Å². The highest BCUT2D eigenvalue weighted by molar-refractivity contribution is 5.96. The second-order valence-electron chi connectivity index (χ2n) is 5.44. The Hall–Kier alpha value is -2.43. The Morgan fingerprint density at radius 3 is 3.19 bits per heavy atom. The summed E-state index contributed by atoms with van der Waals surface area (Å²) in [6, 6.07) is 8.07. The van der Waals surface area contributed by atoms with E-state index in [0.717, 1.165) is 36.4 Å². The average molecular weight is 284 g/mol. The number of rotatable bonds is 2. The summed E-state index contributed by atoms with van der Waals surface area (Å²) in [6.45, 7) is 0.0841. The number of nitrogens with one attached hydrogen (secondary N) is 2. The number of hydrogen-bond acceptors (Lipinski definition) is 4. The van der Waals surface area contributed by atoms with Crippen LogP contribution in [0.25, 0.3) is 0 Å². The first kappa shape index (κ1) is 12.3. The van der Waals surface area contributed by atoms with Crippen molar-refractivity contribution in [3.05, 3.63) is 41.9 Å². The monoisotopic (exact) mass is 284 g/mol. The van der Waals surface area contributed by atoms with Crippen LogP contribution in [0.2, 0.25) is 0 Å². The molecule has 5 nitrogen and oxygen atoms in total. The summed E-state index contributed by atoms with van der Waals surface area (Å²) in [4.78, 5) is 11.4. The van der Waals surface area contributed by atoms with Crippen molar-refractivity contribution >= 4 is 17.3 Å². The predicted molar refractivity (Wildman–Crippen MR) is 78.6 cm³/mol. The smallest absolute Gasteiger partial charge is 0.262 e. The summed E-state index contributed by atoms with van der Waals surface area (Å²) in [5.41, 5.74) is 2.93. The van der Waals surface area contributed by atoms with Gasteiger partial charge >= 0.3 is 0 Å². The molecule has 2 N–H and O–H groups in total. The quantitative estimate of drug-likeness (QED) is 0.889. The lowest BCUT2D eigenvalue weighted by molar-refractivity contribution is -0.118. The average Bonchev–Trinajstić information content (AvgIpc) is 2.96. The van der Waals surface area contributed by atoms with Gasteiger partial charge in [0.05, 0.1) is 18.0 Å². The van der Waals surface area contributed by atoms with E-state index in [1.807, 2.05) is 24.3 Å². The molecule has 1 aliphatic carbocycles. The number of aryl methyl sites for hydroxylation is 1. The van der Waals surface area contributed by atoms with Crippen molar-refractivity contribution in [3.8, 4) is 5.75 Å². The summed E-state index contributed by atoms with van der Waals surface area (Å²) in [5.74, 6) is 1.68. The van der Waals surface area contributed by atoms with Crippen molar-refractivity contribution in [1.82, 2.24) is 0 Å². The molecule has 1 unspecified atom stereocenters. The molecule has 1 atom stereocenters. The number of carbonyl (C=O) groups excluding carboxylic acids is 1. The highest BCUT2D eigenvalue weighted by Crippen LogP contribution is 2.36. The lowest BCUT2D eigenvalue weighted by atomic mass is 9.93. The molecule has 0 fully saturated rings. The molecule has 5 heteroatoms. The Balaban J connectivity index is 1.59. The number of amides is 1. The molecule has 4 rings (SSSR count). The fraction of sp³-hybridized carbons (Fsp3) is 0.312. The second kappa shape index (κ2) is 4.84. The molecule has 1 amide bonds. The number of anilines is 2. The minimum absolute atomic E-state index is 0.0841. The van der Waals surface area contributed by atoms with E-state index in [0.29, 0.717) is 5.75 Å². The van der Waals surface area contributed by atoms with E-state index in [4.69, 9.17) is 9.15 Å². The van der Waals surface area contributed by atoms with Gasteiger partial charge < -0.3 is 19.8 Å². The van der Waals surface area contributed by atoms with Crippen LogP contribution in [0, 0.1) is 0 Å². The van der Waals surface area contributed by atoms with Crippen molar-refractivity contribution in [2.45, 2.75) is 25.3 Å². The standard InChI is InChI=1S/C16H16N2O3/c19-16-9-21-15-5-4-10(8-13(15)18-16)17-12-2-1-3-14-11(12)6-7-20-14/h4-8,12,17H,1-3,9H2,(H,18,19). The zero-order valence-corrected chi connectivity index (χ0v) is 11.5. The third-order valence-electron chi connectivity index (χ3n) is 4.01. The van der Waals surface area contributed by atoms with Crippen molar-refractivity contribution in [2.75, 3.05) is 17.2 Å². The Labute approximate surface area is 122 Å². The van der Waals surface area contributed by atoms with Gasteiger partial charge in [-0.25, -0.2) is 0 Å². The molecule has 1 aliphatic heterocycles. The minimum Gasteiger partial charge on any atom is -0.482 e. The third-order valence-corrected chi connectivity index (χ3v) is 4.01. The molecule has 2 aromatic rings. The fourth-order valence-electron chi connectivity index (χ4n) is 3.01. The van der Waals surface area contributed by atoms with Crippen LogP contribution in [-0.2, 0) is 11.2 Å². The number of benzene rings is 1. The lowest BCUT2D eigenvalue weighted by Gasteiger charge is -2.25. The molecule has 0 saturated heterocycles. The van der Waals surface area contributed by atoms with Crippen LogP contribution in [0.4, 0.5) is 11.4 Å². The normalized spacial score (nSPS) is 20.0. The molecular formula is C16H16N2O3. The maximum atomic E-state index is 11.4. The molecule has 0 saturated carbocycles. The van der Waals surface area contributed by atoms with Gasteiger partial charge in [0.2, 0.25) is 0 Å². The largest absolute Gasteiger partial charge is 0.482 e. The summed E-state index contributed by atoms with van der Waals surface area (Å²) in [6.07, 6.45) is 4.95. The molecular weight excluding hydrogens is 268 g/mol. The van der Waals surface area contributed by atoms with Crippen molar-refractivity contribution in [1.29, 1.82) is 0 Å². The third kappa shape index (κ3) is 2.24. The molecule has 1 aromatic carbocycles. The topological polar surface area (TPSA) is 63.5 Å². The number of ether oxygens (including phenoxy) is 1. The van der Waals surface area contributed by atoms with Gasteiger partial charge in [-0.2, -0.15) is 0 Å². The number of carbonyl (C=O) groups is 1. The van der Waals surface area contributed by atoms with E-state index in [1.165, 1.54) is 5.56 Å². The molecule has 1 aromatic heterocycles. The Kier molecular flexibility index (Phi) is 2.84. The van der Waals surface area contributed by atoms with Crippen LogP contribution in [0.5, 0.6) is 5.75 Å². The molecule has 0 spiro atoms. The van der Waals surface area contributed by atoms with E-state index in [1.54, 1.807) is 6.26 Å². The number of fused-ring (bicyclic) bond motifs is 2. The van der Waals surface area contributed by atoms with Crippen LogP contribution in [0.3, 0.4) is 0 Å². The van der Waals surface area contributed by atoms with E-state index in [-0.39, 0.29) is 18.6 Å². The number of hydrogen-bond donors (Lipinski definition) is 2. The maximum Gasteiger partial charge on any atom is 0.262 e. The zero-order valence-electron chi connectivity index (χ0n) is 11.5. The fourth-order valence-corrected chi connectivity index (χ4v) is 3.01. The van der Waals surface area contributed by atoms with E-state index >= 15 is 0 Å². The van der Waals surface area contributed by atoms with Crippen LogP contribution in [0.1, 0.15) is 30.2 Å². The molecule has 0 bridgehead atoms. The summed E-state index contributed by atoms with van der Waals surface area (Å²) in [7, 11) is 0. The summed E-state index contributed by atoms with van der Waals surface area (Å²) >= 11 is 0. The number of furan rings is 1. The Morgan fingerprint density at radius 2 is 2.24 bits per heavy atom. The van der Waals surface area contributed by atoms with Gasteiger partial charge in [0, 0.05) is 17.7 Å². The molecule has 108 valence electrons. The zero-order chi connectivity index (χ0) is 14.2. The molecule has 21 heavy (non-hydrogen) atoms. The van der Waals surface area contributed by atoms with Gasteiger partial charge in [-0.3, -0.25) is 4.79 Å². The lowest BCUT2D eigenvalue weighted by Crippen LogP contribution is -2.25. The van der Waals surface area contributed by atoms with Crippen LogP contribution >= 0.6 is 0 Å². The van der Waals surface area contributed by atoms with Crippen molar-refractivity contribution in [2.24, 2.45) is 0 Å². The SMILES string of the molecule is O=C1COc2ccc(NC3CCCc4occc43)cc2N1. The highest BCUT2D eigenvalue weighted by atomic mass is 16.5. The van der Waals surface area contributed by atoms with Crippen molar-refractivity contribution < 1.29 is 13.9 Å². The van der Waals surface area contributed by atoms with Crippen LogP contribution in [-0.4, -0.2) is 12.5 Å². The van der Waals surface area contributed by atoms with Gasteiger partial charge in [-0.15, -0.1) is 0 Å². The first-order valence-electron chi connectivity index (χ1n) is 7.19. The maximum absolute atomic E-state index is 11.4. The van der Waals surface area contributed by atoms with Gasteiger partial charge in [0.1, 0.15) is 11.5 Å². The van der Waals surface area contributed by atoms with E-state index in [2.05, 4.69) is 10.6 Å². The van der Waals surface area contributed by atoms with Crippen LogP contribution < -0.4 is 15.4 Å². The molecule has 2 heterocycles. The molecule has 2 aliphatic rings. The highest BCUT2D eigenvalue weighted by Gasteiger charge is 2.23. The summed E-state index contributed by atoms with van der Waals surface area (Å²) < 4.78 is 10.9. The minimum atomic E-state index is -0.116. The van der Waals surface area contributed by atoms with Crippen molar-refractivity contribution in [3.63, 3.8) is 0 Å². The second-order valence-corrected chi connectivity index (χ2v) is 5.44. The Morgan fingerprint density at radius 1 is 1.29 bits per heavy atom. The van der Waals surface area contributed by atoms with Gasteiger partial charge in [0.15, 0.2) is 6.61 Å². The van der Waals surface area contributed by atoms with Gasteiger partial charge in [-0.1, -0.05) is 0 Å². The Bertz CT molecular complexity index is 693. The van der Waals surface area contributed by atoms with E-state index in [9.17, 15) is 4.79 Å². The predicted octanol–water partition coefficient (Wildman–Crippen LogP) is 3.10. The van der Waals surface area contributed by atoms with E-state index < -0.39 is 0 Å². The molecule has 0 radical (unpaired) electrons. The first-order chi connectivity index (χ1) is 10.3. The summed E-state index contributed by atoms with van der Waals surface area (Å²) in [5, 5.41) is 6.35. The first-order valence-corrected chi connectivity index (χ1v) is 7.19. The van der Waals surface area contributed by atoms with Gasteiger partial charge in [0.25, 0.3) is 5.91 Å². The van der Waals surface area contributed by atoms with Gasteiger partial charge in [-0.05, 0) is 37.1 Å².